The lowest BCUT2D eigenvalue weighted by molar-refractivity contribution is -0.116. The van der Waals surface area contributed by atoms with Gasteiger partial charge in [-0.05, 0) is 25.0 Å². The molecule has 0 heterocycles. The molecule has 0 aromatic heterocycles. The second kappa shape index (κ2) is 1.82. The lowest BCUT2D eigenvalue weighted by atomic mass is 10.4. The molecule has 0 bridgehead atoms. The maximum atomic E-state index is 5.13. The number of hydrogen-bond acceptors (Lipinski definition) is 2. The second-order valence-corrected chi connectivity index (χ2v) is 2.27. The molecule has 1 rings (SSSR count). The van der Waals surface area contributed by atoms with E-state index in [0.29, 0.717) is 0 Å². The Kier molecular flexibility index (Phi) is 1.37. The molecule has 0 aromatic rings. The zero-order valence-electron chi connectivity index (χ0n) is 6.32. The summed E-state index contributed by atoms with van der Waals surface area (Å²) in [6.07, 6.45) is 0. The van der Waals surface area contributed by atoms with Crippen LogP contribution in [0.3, 0.4) is 0 Å². The van der Waals surface area contributed by atoms with E-state index < -0.39 is 5.79 Å². The lowest BCUT2D eigenvalue weighted by Gasteiger charge is -2.14. The minimum Gasteiger partial charge on any atom is -0.346 e. The highest BCUT2D eigenvalue weighted by molar-refractivity contribution is 5.46. The summed E-state index contributed by atoms with van der Waals surface area (Å²) < 4.78 is 10.3. The highest BCUT2D eigenvalue weighted by Crippen LogP contribution is 2.46. The Morgan fingerprint density at radius 3 is 1.33 bits per heavy atom. The molecule has 2 heteroatoms. The van der Waals surface area contributed by atoms with Gasteiger partial charge >= 0.3 is 0 Å². The van der Waals surface area contributed by atoms with Gasteiger partial charge in [0.05, 0.1) is 0 Å². The molecule has 0 atom stereocenters. The minimum absolute atomic E-state index is 0.417. The van der Waals surface area contributed by atoms with Crippen molar-refractivity contribution in [1.82, 2.24) is 0 Å². The zero-order valence-corrected chi connectivity index (χ0v) is 6.32. The first-order valence-electron chi connectivity index (χ1n) is 2.97. The molecule has 0 saturated carbocycles. The van der Waals surface area contributed by atoms with Crippen LogP contribution in [-0.4, -0.2) is 20.0 Å². The Balaban J connectivity index is 2.62. The van der Waals surface area contributed by atoms with Crippen molar-refractivity contribution in [3.05, 3.63) is 11.1 Å². The lowest BCUT2D eigenvalue weighted by Crippen LogP contribution is -2.19. The van der Waals surface area contributed by atoms with Crippen LogP contribution in [0.2, 0.25) is 0 Å². The largest absolute Gasteiger partial charge is 0.346 e. The van der Waals surface area contributed by atoms with Crippen LogP contribution >= 0.6 is 0 Å². The third-order valence-corrected chi connectivity index (χ3v) is 2.06. The topological polar surface area (TPSA) is 18.5 Å². The molecule has 0 fully saturated rings. The van der Waals surface area contributed by atoms with Gasteiger partial charge in [0.15, 0.2) is 0 Å². The van der Waals surface area contributed by atoms with E-state index in [-0.39, 0.29) is 0 Å². The molecule has 0 spiro atoms. The third-order valence-electron chi connectivity index (χ3n) is 2.06. The van der Waals surface area contributed by atoms with Crippen molar-refractivity contribution >= 4 is 0 Å². The summed E-state index contributed by atoms with van der Waals surface area (Å²) in [5.74, 6) is -0.417. The first-order chi connectivity index (χ1) is 4.19. The summed E-state index contributed by atoms with van der Waals surface area (Å²) in [7, 11) is 3.31. The van der Waals surface area contributed by atoms with E-state index in [9.17, 15) is 0 Å². The molecular formula is C7H12O2. The summed E-state index contributed by atoms with van der Waals surface area (Å²) in [4.78, 5) is 0. The smallest absolute Gasteiger partial charge is 0.213 e. The SMILES string of the molecule is COC1(OC)C(C)=C1C. The van der Waals surface area contributed by atoms with Crippen LogP contribution in [0.5, 0.6) is 0 Å². The quantitative estimate of drug-likeness (QED) is 0.412. The summed E-state index contributed by atoms with van der Waals surface area (Å²) >= 11 is 0. The molecule has 1 aliphatic rings. The Labute approximate surface area is 55.5 Å². The molecule has 0 amide bonds. The predicted molar refractivity (Wildman–Crippen MR) is 35.1 cm³/mol. The van der Waals surface area contributed by atoms with E-state index >= 15 is 0 Å². The fourth-order valence-electron chi connectivity index (χ4n) is 1.20. The van der Waals surface area contributed by atoms with Gasteiger partial charge < -0.3 is 9.47 Å². The van der Waals surface area contributed by atoms with Gasteiger partial charge in [-0.3, -0.25) is 0 Å². The van der Waals surface area contributed by atoms with Crippen LogP contribution in [0.15, 0.2) is 11.1 Å². The Hall–Kier alpha value is -0.340. The van der Waals surface area contributed by atoms with Crippen molar-refractivity contribution in [2.75, 3.05) is 14.2 Å². The molecule has 0 aliphatic heterocycles. The van der Waals surface area contributed by atoms with Gasteiger partial charge in [0.25, 0.3) is 0 Å². The minimum atomic E-state index is -0.417. The van der Waals surface area contributed by atoms with Crippen molar-refractivity contribution in [3.63, 3.8) is 0 Å². The molecular weight excluding hydrogens is 116 g/mol. The molecule has 2 nitrogen and oxygen atoms in total. The van der Waals surface area contributed by atoms with E-state index in [4.69, 9.17) is 9.47 Å². The summed E-state index contributed by atoms with van der Waals surface area (Å²) in [5.41, 5.74) is 2.40. The fourth-order valence-corrected chi connectivity index (χ4v) is 1.20. The highest BCUT2D eigenvalue weighted by Gasteiger charge is 2.49. The van der Waals surface area contributed by atoms with E-state index in [2.05, 4.69) is 0 Å². The van der Waals surface area contributed by atoms with Gasteiger partial charge in [0, 0.05) is 14.2 Å². The van der Waals surface area contributed by atoms with E-state index in [0.717, 1.165) is 0 Å². The zero-order chi connectivity index (χ0) is 7.07. The first kappa shape index (κ1) is 6.78. The fraction of sp³-hybridized carbons (Fsp3) is 0.714. The van der Waals surface area contributed by atoms with Gasteiger partial charge in [-0.25, -0.2) is 0 Å². The average Bonchev–Trinajstić information content (AvgIpc) is 2.39. The van der Waals surface area contributed by atoms with Crippen LogP contribution < -0.4 is 0 Å². The number of rotatable bonds is 2. The standard InChI is InChI=1S/C7H12O2/c1-5-6(2)7(5,8-3)9-4/h1-4H3. The summed E-state index contributed by atoms with van der Waals surface area (Å²) in [6, 6.07) is 0. The Bertz CT molecular complexity index is 140. The monoisotopic (exact) mass is 128 g/mol. The summed E-state index contributed by atoms with van der Waals surface area (Å²) in [6.45, 7) is 4.03. The molecule has 0 radical (unpaired) electrons. The van der Waals surface area contributed by atoms with Gasteiger partial charge in [-0.15, -0.1) is 0 Å². The van der Waals surface area contributed by atoms with Crippen LogP contribution in [0.1, 0.15) is 13.8 Å². The molecule has 9 heavy (non-hydrogen) atoms. The van der Waals surface area contributed by atoms with Crippen LogP contribution in [0, 0.1) is 0 Å². The molecule has 0 aromatic carbocycles. The average molecular weight is 128 g/mol. The van der Waals surface area contributed by atoms with Gasteiger partial charge in [0.1, 0.15) is 0 Å². The number of ether oxygens (including phenoxy) is 2. The van der Waals surface area contributed by atoms with Crippen molar-refractivity contribution in [2.24, 2.45) is 0 Å². The van der Waals surface area contributed by atoms with Crippen molar-refractivity contribution in [2.45, 2.75) is 19.6 Å². The van der Waals surface area contributed by atoms with E-state index in [1.807, 2.05) is 13.8 Å². The molecule has 0 saturated heterocycles. The predicted octanol–water partition coefficient (Wildman–Crippen LogP) is 1.33. The van der Waals surface area contributed by atoms with E-state index in [1.165, 1.54) is 11.1 Å². The molecule has 1 aliphatic carbocycles. The van der Waals surface area contributed by atoms with Gasteiger partial charge in [0.2, 0.25) is 5.79 Å². The Morgan fingerprint density at radius 2 is 1.33 bits per heavy atom. The highest BCUT2D eigenvalue weighted by atomic mass is 16.7. The van der Waals surface area contributed by atoms with Crippen molar-refractivity contribution in [1.29, 1.82) is 0 Å². The maximum absolute atomic E-state index is 5.13. The first-order valence-corrected chi connectivity index (χ1v) is 2.97. The van der Waals surface area contributed by atoms with Gasteiger partial charge in [-0.2, -0.15) is 0 Å². The van der Waals surface area contributed by atoms with Crippen LogP contribution in [0.25, 0.3) is 0 Å². The van der Waals surface area contributed by atoms with Crippen LogP contribution in [-0.2, 0) is 9.47 Å². The van der Waals surface area contributed by atoms with Gasteiger partial charge in [-0.1, -0.05) is 0 Å². The second-order valence-electron chi connectivity index (χ2n) is 2.27. The van der Waals surface area contributed by atoms with Crippen LogP contribution in [0.4, 0.5) is 0 Å². The molecule has 52 valence electrons. The Morgan fingerprint density at radius 1 is 1.00 bits per heavy atom. The molecule has 0 N–H and O–H groups in total. The normalized spacial score (nSPS) is 22.7. The maximum Gasteiger partial charge on any atom is 0.213 e. The van der Waals surface area contributed by atoms with Crippen molar-refractivity contribution < 1.29 is 9.47 Å². The van der Waals surface area contributed by atoms with E-state index in [1.54, 1.807) is 14.2 Å². The molecule has 0 unspecified atom stereocenters. The van der Waals surface area contributed by atoms with Crippen molar-refractivity contribution in [3.8, 4) is 0 Å². The summed E-state index contributed by atoms with van der Waals surface area (Å²) in [5, 5.41) is 0. The third kappa shape index (κ3) is 0.635. The number of hydrogen-bond donors (Lipinski definition) is 0. The number of methoxy groups -OCH3 is 2.